The van der Waals surface area contributed by atoms with Crippen molar-refractivity contribution >= 4 is 11.7 Å². The average molecular weight is 439 g/mol. The van der Waals surface area contributed by atoms with Gasteiger partial charge >= 0.3 is 0 Å². The van der Waals surface area contributed by atoms with Gasteiger partial charge in [0.1, 0.15) is 12.1 Å². The highest BCUT2D eigenvalue weighted by Gasteiger charge is 2.23. The summed E-state index contributed by atoms with van der Waals surface area (Å²) in [7, 11) is 0. The molecule has 1 aliphatic rings. The Morgan fingerprint density at radius 3 is 2.12 bits per heavy atom. The fraction of sp³-hybridized carbons (Fsp3) is 0.231. The third-order valence-electron chi connectivity index (χ3n) is 5.99. The Balaban J connectivity index is 1.24. The molecule has 1 fully saturated rings. The van der Waals surface area contributed by atoms with E-state index >= 15 is 0 Å². The van der Waals surface area contributed by atoms with Crippen LogP contribution in [0.25, 0.3) is 16.9 Å². The Hall–Kier alpha value is -4.00. The predicted octanol–water partition coefficient (Wildman–Crippen LogP) is 3.91. The van der Waals surface area contributed by atoms with E-state index in [1.807, 2.05) is 78.0 Å². The van der Waals surface area contributed by atoms with Crippen LogP contribution in [-0.2, 0) is 0 Å². The van der Waals surface area contributed by atoms with Crippen molar-refractivity contribution in [2.45, 2.75) is 13.8 Å². The number of hydrogen-bond donors (Lipinski definition) is 0. The van der Waals surface area contributed by atoms with Gasteiger partial charge in [-0.3, -0.25) is 4.79 Å². The van der Waals surface area contributed by atoms with Gasteiger partial charge in [0.05, 0.1) is 5.69 Å². The third kappa shape index (κ3) is 4.35. The van der Waals surface area contributed by atoms with E-state index in [9.17, 15) is 4.79 Å². The highest BCUT2D eigenvalue weighted by Crippen LogP contribution is 2.21. The second-order valence-electron chi connectivity index (χ2n) is 8.30. The van der Waals surface area contributed by atoms with Crippen molar-refractivity contribution in [2.75, 3.05) is 31.1 Å². The number of aromatic nitrogens is 4. The molecule has 0 saturated carbocycles. The van der Waals surface area contributed by atoms with Gasteiger partial charge in [-0.1, -0.05) is 42.5 Å². The summed E-state index contributed by atoms with van der Waals surface area (Å²) in [5.41, 5.74) is 4.97. The number of carbonyl (C=O) groups is 1. The van der Waals surface area contributed by atoms with Gasteiger partial charge < -0.3 is 9.80 Å². The fourth-order valence-corrected chi connectivity index (χ4v) is 4.24. The van der Waals surface area contributed by atoms with Crippen LogP contribution in [0.4, 0.5) is 5.82 Å². The Labute approximate surface area is 193 Å². The van der Waals surface area contributed by atoms with E-state index in [4.69, 9.17) is 0 Å². The topological polar surface area (TPSA) is 67.2 Å². The number of anilines is 1. The third-order valence-corrected chi connectivity index (χ3v) is 5.99. The summed E-state index contributed by atoms with van der Waals surface area (Å²) >= 11 is 0. The molecule has 0 unspecified atom stereocenters. The minimum Gasteiger partial charge on any atom is -0.353 e. The first-order valence-corrected chi connectivity index (χ1v) is 11.1. The van der Waals surface area contributed by atoms with Crippen LogP contribution >= 0.6 is 0 Å². The van der Waals surface area contributed by atoms with Crippen molar-refractivity contribution in [2.24, 2.45) is 0 Å². The molecule has 0 radical (unpaired) electrons. The zero-order valence-corrected chi connectivity index (χ0v) is 18.8. The van der Waals surface area contributed by atoms with Crippen LogP contribution < -0.4 is 4.90 Å². The standard InChI is InChI=1S/C26H26N6O/c1-19-16-20(2)32(29-19)25-17-24(27-18-28-25)30-12-14-31(15-13-30)26(33)23-10-8-22(9-11-23)21-6-4-3-5-7-21/h3-11,16-18H,12-15H2,1-2H3. The van der Waals surface area contributed by atoms with E-state index in [0.29, 0.717) is 13.1 Å². The SMILES string of the molecule is Cc1cc(C)n(-c2cc(N3CCN(C(=O)c4ccc(-c5ccccc5)cc4)CC3)ncn2)n1. The van der Waals surface area contributed by atoms with E-state index < -0.39 is 0 Å². The lowest BCUT2D eigenvalue weighted by atomic mass is 10.0. The second-order valence-corrected chi connectivity index (χ2v) is 8.30. The Morgan fingerprint density at radius 1 is 0.788 bits per heavy atom. The highest BCUT2D eigenvalue weighted by molar-refractivity contribution is 5.95. The highest BCUT2D eigenvalue weighted by atomic mass is 16.2. The minimum atomic E-state index is 0.0697. The maximum atomic E-state index is 13.0. The van der Waals surface area contributed by atoms with Crippen LogP contribution in [0.15, 0.2) is 73.1 Å². The van der Waals surface area contributed by atoms with Gasteiger partial charge in [-0.25, -0.2) is 14.6 Å². The lowest BCUT2D eigenvalue weighted by molar-refractivity contribution is 0.0746. The van der Waals surface area contributed by atoms with Crippen molar-refractivity contribution in [1.82, 2.24) is 24.6 Å². The molecule has 0 spiro atoms. The first-order valence-electron chi connectivity index (χ1n) is 11.1. The number of hydrogen-bond acceptors (Lipinski definition) is 5. The molecule has 3 heterocycles. The molecule has 5 rings (SSSR count). The number of amides is 1. The predicted molar refractivity (Wildman–Crippen MR) is 129 cm³/mol. The number of nitrogens with zero attached hydrogens (tertiary/aromatic N) is 6. The van der Waals surface area contributed by atoms with Gasteiger partial charge in [0.2, 0.25) is 0 Å². The molecule has 0 N–H and O–H groups in total. The van der Waals surface area contributed by atoms with Crippen molar-refractivity contribution in [3.8, 4) is 16.9 Å². The summed E-state index contributed by atoms with van der Waals surface area (Å²) in [6.45, 7) is 6.73. The Bertz CT molecular complexity index is 1260. The molecule has 0 atom stereocenters. The Kier molecular flexibility index (Phi) is 5.60. The van der Waals surface area contributed by atoms with Gasteiger partial charge in [-0.2, -0.15) is 5.10 Å². The van der Waals surface area contributed by atoms with Gasteiger partial charge in [0.25, 0.3) is 5.91 Å². The van der Waals surface area contributed by atoms with E-state index in [1.54, 1.807) is 6.33 Å². The van der Waals surface area contributed by atoms with Crippen molar-refractivity contribution in [1.29, 1.82) is 0 Å². The average Bonchev–Trinajstić information content (AvgIpc) is 3.22. The smallest absolute Gasteiger partial charge is 0.253 e. The molecule has 1 saturated heterocycles. The number of benzene rings is 2. The van der Waals surface area contributed by atoms with Crippen molar-refractivity contribution in [3.05, 3.63) is 90.0 Å². The van der Waals surface area contributed by atoms with Gasteiger partial charge in [-0.15, -0.1) is 0 Å². The summed E-state index contributed by atoms with van der Waals surface area (Å²) in [5, 5.41) is 4.52. The largest absolute Gasteiger partial charge is 0.353 e. The summed E-state index contributed by atoms with van der Waals surface area (Å²) in [6.07, 6.45) is 1.58. The summed E-state index contributed by atoms with van der Waals surface area (Å²) in [4.78, 5) is 26.0. The number of aryl methyl sites for hydroxylation is 2. The van der Waals surface area contributed by atoms with Crippen molar-refractivity contribution in [3.63, 3.8) is 0 Å². The maximum absolute atomic E-state index is 13.0. The summed E-state index contributed by atoms with van der Waals surface area (Å²) in [6, 6.07) is 22.0. The van der Waals surface area contributed by atoms with E-state index in [1.165, 1.54) is 0 Å². The molecular formula is C26H26N6O. The molecule has 1 aliphatic heterocycles. The molecule has 7 heteroatoms. The van der Waals surface area contributed by atoms with Crippen LogP contribution in [0.3, 0.4) is 0 Å². The molecule has 0 bridgehead atoms. The zero-order valence-electron chi connectivity index (χ0n) is 18.8. The molecular weight excluding hydrogens is 412 g/mol. The van der Waals surface area contributed by atoms with Crippen LogP contribution in [0.5, 0.6) is 0 Å². The van der Waals surface area contributed by atoms with E-state index in [-0.39, 0.29) is 5.91 Å². The van der Waals surface area contributed by atoms with E-state index in [2.05, 4.69) is 32.1 Å². The molecule has 1 amide bonds. The van der Waals surface area contributed by atoms with Gasteiger partial charge in [0, 0.05) is 43.5 Å². The monoisotopic (exact) mass is 438 g/mol. The number of piperazine rings is 1. The number of carbonyl (C=O) groups excluding carboxylic acids is 1. The Morgan fingerprint density at radius 2 is 1.45 bits per heavy atom. The van der Waals surface area contributed by atoms with Gasteiger partial charge in [0.15, 0.2) is 5.82 Å². The first kappa shape index (κ1) is 20.9. The lowest BCUT2D eigenvalue weighted by Crippen LogP contribution is -2.49. The van der Waals surface area contributed by atoms with Crippen LogP contribution in [0.1, 0.15) is 21.7 Å². The quantitative estimate of drug-likeness (QED) is 0.483. The number of rotatable bonds is 4. The molecule has 4 aromatic rings. The summed E-state index contributed by atoms with van der Waals surface area (Å²) < 4.78 is 1.83. The van der Waals surface area contributed by atoms with E-state index in [0.717, 1.165) is 52.8 Å². The molecule has 2 aromatic heterocycles. The summed E-state index contributed by atoms with van der Waals surface area (Å²) in [5.74, 6) is 1.68. The normalized spacial score (nSPS) is 13.9. The minimum absolute atomic E-state index is 0.0697. The van der Waals surface area contributed by atoms with Crippen molar-refractivity contribution < 1.29 is 4.79 Å². The molecule has 166 valence electrons. The van der Waals surface area contributed by atoms with Crippen LogP contribution in [0.2, 0.25) is 0 Å². The fourth-order valence-electron chi connectivity index (χ4n) is 4.24. The first-order chi connectivity index (χ1) is 16.1. The van der Waals surface area contributed by atoms with Crippen LogP contribution in [-0.4, -0.2) is 56.7 Å². The molecule has 0 aliphatic carbocycles. The zero-order chi connectivity index (χ0) is 22.8. The molecule has 2 aromatic carbocycles. The maximum Gasteiger partial charge on any atom is 0.253 e. The molecule has 33 heavy (non-hydrogen) atoms. The van der Waals surface area contributed by atoms with Crippen LogP contribution in [0, 0.1) is 13.8 Å². The lowest BCUT2D eigenvalue weighted by Gasteiger charge is -2.35. The second kappa shape index (κ2) is 8.86. The van der Waals surface area contributed by atoms with Gasteiger partial charge in [-0.05, 0) is 43.2 Å². The molecule has 7 nitrogen and oxygen atoms in total.